The maximum absolute atomic E-state index is 4.50. The average molecular weight is 555 g/mol. The summed E-state index contributed by atoms with van der Waals surface area (Å²) >= 11 is 21.7. The van der Waals surface area contributed by atoms with Gasteiger partial charge in [-0.2, -0.15) is 25.3 Å². The van der Waals surface area contributed by atoms with E-state index in [0.29, 0.717) is 0 Å². The third-order valence-electron chi connectivity index (χ3n) is 5.52. The molecular formula is C22H34S8. The van der Waals surface area contributed by atoms with Gasteiger partial charge >= 0.3 is 0 Å². The van der Waals surface area contributed by atoms with Crippen molar-refractivity contribution in [2.45, 2.75) is 56.1 Å². The summed E-state index contributed by atoms with van der Waals surface area (Å²) in [4.78, 5) is 2.84. The zero-order valence-electron chi connectivity index (χ0n) is 17.8. The first-order chi connectivity index (χ1) is 14.7. The summed E-state index contributed by atoms with van der Waals surface area (Å²) < 4.78 is 1.52. The minimum atomic E-state index is 0.746. The molecule has 170 valence electrons. The van der Waals surface area contributed by atoms with Gasteiger partial charge in [0.25, 0.3) is 0 Å². The molecule has 8 heteroatoms. The van der Waals surface area contributed by atoms with Crippen molar-refractivity contribution in [2.24, 2.45) is 11.8 Å². The van der Waals surface area contributed by atoms with Crippen LogP contribution in [0, 0.1) is 11.8 Å². The Labute approximate surface area is 220 Å². The van der Waals surface area contributed by atoms with Gasteiger partial charge in [0.05, 0.1) is 9.16 Å². The topological polar surface area (TPSA) is 0 Å². The van der Waals surface area contributed by atoms with Crippen molar-refractivity contribution < 1.29 is 0 Å². The van der Waals surface area contributed by atoms with E-state index in [2.05, 4.69) is 110 Å². The van der Waals surface area contributed by atoms with Gasteiger partial charge in [0.2, 0.25) is 0 Å². The molecule has 0 saturated carbocycles. The van der Waals surface area contributed by atoms with Crippen LogP contribution >= 0.6 is 95.8 Å². The van der Waals surface area contributed by atoms with Crippen molar-refractivity contribution in [3.05, 3.63) is 24.3 Å². The lowest BCUT2D eigenvalue weighted by Gasteiger charge is -2.21. The fourth-order valence-corrected chi connectivity index (χ4v) is 14.6. The number of thioether (sulfide) groups is 6. The van der Waals surface area contributed by atoms with Gasteiger partial charge in [-0.3, -0.25) is 0 Å². The SMILES string of the molecule is CCC(CSc1ccc(SCC(CC)C2SCC(CS)S2)cc1)C1SCC(CS)S1. The van der Waals surface area contributed by atoms with Crippen molar-refractivity contribution in [1.29, 1.82) is 0 Å². The standard InChI is InChI=1S/C22H34S8/c1-3-15(21-27-13-19(9-23)29-21)11-25-17-5-7-18(8-6-17)26-12-16(4-2)22-28-14-20(10-24)30-22/h5-8,15-16,19-24H,3-4,9-14H2,1-2H3. The van der Waals surface area contributed by atoms with Crippen LogP contribution < -0.4 is 0 Å². The Balaban J connectivity index is 1.43. The van der Waals surface area contributed by atoms with Gasteiger partial charge in [0, 0.05) is 54.8 Å². The van der Waals surface area contributed by atoms with E-state index >= 15 is 0 Å². The quantitative estimate of drug-likeness (QED) is 0.196. The van der Waals surface area contributed by atoms with Crippen LogP contribution in [0.3, 0.4) is 0 Å². The van der Waals surface area contributed by atoms with Crippen LogP contribution in [-0.2, 0) is 0 Å². The van der Waals surface area contributed by atoms with E-state index in [1.807, 2.05) is 23.5 Å². The molecule has 2 saturated heterocycles. The van der Waals surface area contributed by atoms with Crippen molar-refractivity contribution in [1.82, 2.24) is 0 Å². The Bertz CT molecular complexity index is 557. The van der Waals surface area contributed by atoms with E-state index in [0.717, 1.165) is 43.0 Å². The Morgan fingerprint density at radius 2 is 1.20 bits per heavy atom. The highest BCUT2D eigenvalue weighted by Gasteiger charge is 2.31. The zero-order chi connectivity index (χ0) is 21.3. The van der Waals surface area contributed by atoms with Gasteiger partial charge in [0.15, 0.2) is 0 Å². The highest BCUT2D eigenvalue weighted by Crippen LogP contribution is 2.46. The molecule has 30 heavy (non-hydrogen) atoms. The summed E-state index contributed by atoms with van der Waals surface area (Å²) in [5, 5.41) is 1.49. The molecule has 0 nitrogen and oxygen atoms in total. The Hall–Kier alpha value is 2.02. The van der Waals surface area contributed by atoms with Crippen LogP contribution in [0.5, 0.6) is 0 Å². The summed E-state index contributed by atoms with van der Waals surface area (Å²) in [6, 6.07) is 9.34. The van der Waals surface area contributed by atoms with Gasteiger partial charge in [-0.05, 0) is 36.1 Å². The first kappa shape index (κ1) is 26.6. The number of rotatable bonds is 12. The van der Waals surface area contributed by atoms with Crippen LogP contribution in [0.2, 0.25) is 0 Å². The molecule has 0 N–H and O–H groups in total. The molecule has 2 heterocycles. The predicted octanol–water partition coefficient (Wildman–Crippen LogP) is 8.13. The molecule has 0 spiro atoms. The largest absolute Gasteiger partial charge is 0.178 e. The molecule has 0 amide bonds. The van der Waals surface area contributed by atoms with Crippen LogP contribution in [0.4, 0.5) is 0 Å². The molecule has 0 radical (unpaired) electrons. The summed E-state index contributed by atoms with van der Waals surface area (Å²) in [5.41, 5.74) is 0. The molecule has 0 aromatic heterocycles. The number of benzene rings is 1. The molecule has 6 atom stereocenters. The maximum atomic E-state index is 4.50. The van der Waals surface area contributed by atoms with Crippen LogP contribution in [0.1, 0.15) is 26.7 Å². The highest BCUT2D eigenvalue weighted by atomic mass is 32.2. The van der Waals surface area contributed by atoms with E-state index in [1.165, 1.54) is 45.6 Å². The molecule has 2 aliphatic heterocycles. The van der Waals surface area contributed by atoms with Crippen molar-refractivity contribution in [3.63, 3.8) is 0 Å². The smallest absolute Gasteiger partial charge is 0.0542 e. The van der Waals surface area contributed by atoms with Crippen LogP contribution in [0.25, 0.3) is 0 Å². The molecule has 1 aromatic carbocycles. The molecule has 0 aliphatic carbocycles. The van der Waals surface area contributed by atoms with Gasteiger partial charge in [-0.25, -0.2) is 0 Å². The Morgan fingerprint density at radius 1 is 0.800 bits per heavy atom. The molecular weight excluding hydrogens is 521 g/mol. The van der Waals surface area contributed by atoms with Gasteiger partial charge in [-0.15, -0.1) is 70.6 Å². The lowest BCUT2D eigenvalue weighted by atomic mass is 10.1. The number of hydrogen-bond acceptors (Lipinski definition) is 8. The second kappa shape index (κ2) is 14.4. The number of hydrogen-bond donors (Lipinski definition) is 2. The first-order valence-electron chi connectivity index (χ1n) is 10.8. The lowest BCUT2D eigenvalue weighted by Crippen LogP contribution is -2.14. The van der Waals surface area contributed by atoms with Crippen LogP contribution in [-0.4, -0.2) is 54.2 Å². The molecule has 2 fully saturated rings. The van der Waals surface area contributed by atoms with Gasteiger partial charge in [-0.1, -0.05) is 26.7 Å². The van der Waals surface area contributed by atoms with E-state index in [9.17, 15) is 0 Å². The van der Waals surface area contributed by atoms with E-state index in [1.54, 1.807) is 0 Å². The maximum Gasteiger partial charge on any atom is 0.0542 e. The van der Waals surface area contributed by atoms with Crippen molar-refractivity contribution in [2.75, 3.05) is 34.5 Å². The van der Waals surface area contributed by atoms with E-state index in [4.69, 9.17) is 0 Å². The zero-order valence-corrected chi connectivity index (χ0v) is 24.5. The summed E-state index contributed by atoms with van der Waals surface area (Å²) in [7, 11) is 0. The monoisotopic (exact) mass is 554 g/mol. The predicted molar refractivity (Wildman–Crippen MR) is 158 cm³/mol. The summed E-state index contributed by atoms with van der Waals surface area (Å²) in [5.74, 6) is 8.62. The van der Waals surface area contributed by atoms with E-state index < -0.39 is 0 Å². The fourth-order valence-electron chi connectivity index (χ4n) is 3.44. The van der Waals surface area contributed by atoms with E-state index in [-0.39, 0.29) is 0 Å². The minimum absolute atomic E-state index is 0.746. The third kappa shape index (κ3) is 8.06. The number of thiol groups is 2. The van der Waals surface area contributed by atoms with Crippen LogP contribution in [0.15, 0.2) is 34.1 Å². The molecule has 1 aromatic rings. The minimum Gasteiger partial charge on any atom is -0.178 e. The highest BCUT2D eigenvalue weighted by molar-refractivity contribution is 8.21. The fraction of sp³-hybridized carbons (Fsp3) is 0.727. The normalized spacial score (nSPS) is 28.7. The van der Waals surface area contributed by atoms with Gasteiger partial charge < -0.3 is 0 Å². The molecule has 0 bridgehead atoms. The second-order valence-corrected chi connectivity index (χ2v) is 16.5. The summed E-state index contributed by atoms with van der Waals surface area (Å²) in [6.45, 7) is 4.70. The Kier molecular flexibility index (Phi) is 12.8. The summed E-state index contributed by atoms with van der Waals surface area (Å²) in [6.07, 6.45) is 2.54. The van der Waals surface area contributed by atoms with Gasteiger partial charge in [0.1, 0.15) is 0 Å². The average Bonchev–Trinajstić information content (AvgIpc) is 3.45. The van der Waals surface area contributed by atoms with Crippen molar-refractivity contribution >= 4 is 95.8 Å². The lowest BCUT2D eigenvalue weighted by molar-refractivity contribution is 0.627. The second-order valence-electron chi connectivity index (χ2n) is 7.71. The molecule has 2 aliphatic rings. The first-order valence-corrected chi connectivity index (χ1v) is 18.0. The molecule has 6 unspecified atom stereocenters. The van der Waals surface area contributed by atoms with Crippen molar-refractivity contribution in [3.8, 4) is 0 Å². The Morgan fingerprint density at radius 3 is 1.50 bits per heavy atom. The molecule has 3 rings (SSSR count). The third-order valence-corrected chi connectivity index (χ3v) is 16.6.